The predicted octanol–water partition coefficient (Wildman–Crippen LogP) is 4.63. The molecule has 2 N–H and O–H groups in total. The van der Waals surface area contributed by atoms with Crippen molar-refractivity contribution in [2.45, 2.75) is 77.1 Å². The lowest BCUT2D eigenvalue weighted by atomic mass is 9.85. The average Bonchev–Trinajstić information content (AvgIpc) is 3.54. The number of urea groups is 1. The monoisotopic (exact) mass is 598 g/mol. The Balaban J connectivity index is 1.36. The molecule has 228 valence electrons. The van der Waals surface area contributed by atoms with Crippen molar-refractivity contribution < 1.29 is 36.2 Å². The molecule has 0 aromatic carbocycles. The van der Waals surface area contributed by atoms with E-state index in [1.807, 2.05) is 0 Å². The van der Waals surface area contributed by atoms with Crippen LogP contribution in [0.5, 0.6) is 0 Å². The van der Waals surface area contributed by atoms with E-state index in [1.165, 1.54) is 21.8 Å². The van der Waals surface area contributed by atoms with Crippen LogP contribution in [0.4, 0.5) is 26.7 Å². The van der Waals surface area contributed by atoms with Gasteiger partial charge in [0.25, 0.3) is 5.91 Å². The maximum Gasteiger partial charge on any atom is 0.393 e. The quantitative estimate of drug-likeness (QED) is 0.326. The second-order valence-electron chi connectivity index (χ2n) is 11.5. The normalized spacial score (nSPS) is 19.2. The first-order valence-electron chi connectivity index (χ1n) is 13.7. The van der Waals surface area contributed by atoms with Gasteiger partial charge in [-0.2, -0.15) is 18.3 Å². The highest BCUT2D eigenvalue weighted by molar-refractivity contribution is 5.93. The molecule has 5 rings (SSSR count). The molecule has 1 aliphatic heterocycles. The fraction of sp³-hybridized carbons (Fsp3) is 0.615. The largest absolute Gasteiger partial charge is 0.393 e. The molecule has 16 heteroatoms. The lowest BCUT2D eigenvalue weighted by Gasteiger charge is -2.29. The molecule has 0 spiro atoms. The third kappa shape index (κ3) is 6.46. The van der Waals surface area contributed by atoms with Crippen molar-refractivity contribution in [3.8, 4) is 0 Å². The van der Waals surface area contributed by atoms with E-state index in [0.29, 0.717) is 16.9 Å². The SMILES string of the molecule is CC(C)(CC[C@H](NC(=O)c1nonc1C1CC1)c1cn2ncc(CN3CC[C@H](C(F)F)CNC3=O)cc2n1)C(F)(F)F. The highest BCUT2D eigenvalue weighted by atomic mass is 19.4. The summed E-state index contributed by atoms with van der Waals surface area (Å²) in [5.41, 5.74) is -0.423. The Bertz CT molecular complexity index is 1430. The minimum atomic E-state index is -4.46. The maximum absolute atomic E-state index is 13.6. The molecule has 3 aromatic rings. The Morgan fingerprint density at radius 2 is 1.98 bits per heavy atom. The Hall–Kier alpha value is -3.85. The number of imidazole rings is 1. The molecular weight excluding hydrogens is 567 g/mol. The molecular formula is C26H31F5N8O3. The van der Waals surface area contributed by atoms with Gasteiger partial charge in [0.15, 0.2) is 11.3 Å². The first-order valence-corrected chi connectivity index (χ1v) is 13.7. The van der Waals surface area contributed by atoms with Crippen LogP contribution >= 0.6 is 0 Å². The van der Waals surface area contributed by atoms with Crippen molar-refractivity contribution in [1.29, 1.82) is 0 Å². The van der Waals surface area contributed by atoms with E-state index in [0.717, 1.165) is 26.7 Å². The van der Waals surface area contributed by atoms with Crippen LogP contribution in [0, 0.1) is 11.3 Å². The van der Waals surface area contributed by atoms with Gasteiger partial charge in [0, 0.05) is 31.5 Å². The van der Waals surface area contributed by atoms with E-state index in [2.05, 4.69) is 31.0 Å². The fourth-order valence-corrected chi connectivity index (χ4v) is 4.78. The van der Waals surface area contributed by atoms with Gasteiger partial charge in [-0.1, -0.05) is 19.0 Å². The fourth-order valence-electron chi connectivity index (χ4n) is 4.78. The zero-order chi connectivity index (χ0) is 30.2. The minimum absolute atomic E-state index is 0.00781. The molecule has 42 heavy (non-hydrogen) atoms. The summed E-state index contributed by atoms with van der Waals surface area (Å²) in [5.74, 6) is -1.50. The van der Waals surface area contributed by atoms with E-state index in [-0.39, 0.29) is 56.2 Å². The summed E-state index contributed by atoms with van der Waals surface area (Å²) >= 11 is 0. The number of hydrogen-bond acceptors (Lipinski definition) is 7. The van der Waals surface area contributed by atoms with Crippen LogP contribution in [0.25, 0.3) is 5.65 Å². The van der Waals surface area contributed by atoms with E-state index in [9.17, 15) is 31.5 Å². The zero-order valence-electron chi connectivity index (χ0n) is 23.0. The van der Waals surface area contributed by atoms with E-state index in [4.69, 9.17) is 4.63 Å². The lowest BCUT2D eigenvalue weighted by molar-refractivity contribution is -0.214. The lowest BCUT2D eigenvalue weighted by Crippen LogP contribution is -2.38. The topological polar surface area (TPSA) is 131 Å². The minimum Gasteiger partial charge on any atom is -0.342 e. The van der Waals surface area contributed by atoms with Gasteiger partial charge < -0.3 is 15.5 Å². The predicted molar refractivity (Wildman–Crippen MR) is 136 cm³/mol. The Morgan fingerprint density at radius 3 is 2.67 bits per heavy atom. The summed E-state index contributed by atoms with van der Waals surface area (Å²) in [7, 11) is 0. The van der Waals surface area contributed by atoms with Gasteiger partial charge >= 0.3 is 12.2 Å². The molecule has 3 aromatic heterocycles. The average molecular weight is 599 g/mol. The van der Waals surface area contributed by atoms with Crippen molar-refractivity contribution in [3.63, 3.8) is 0 Å². The number of nitrogens with zero attached hydrogens (tertiary/aromatic N) is 6. The first-order chi connectivity index (χ1) is 19.8. The summed E-state index contributed by atoms with van der Waals surface area (Å²) in [6.07, 6.45) is -2.57. The first kappa shape index (κ1) is 29.6. The van der Waals surface area contributed by atoms with Gasteiger partial charge in [-0.05, 0) is 48.9 Å². The van der Waals surface area contributed by atoms with Crippen LogP contribution in [-0.2, 0) is 6.54 Å². The van der Waals surface area contributed by atoms with E-state index < -0.39 is 41.9 Å². The van der Waals surface area contributed by atoms with Gasteiger partial charge in [0.1, 0.15) is 5.69 Å². The summed E-state index contributed by atoms with van der Waals surface area (Å²) in [5, 5.41) is 17.1. The number of halogens is 5. The van der Waals surface area contributed by atoms with Crippen molar-refractivity contribution >= 4 is 17.6 Å². The van der Waals surface area contributed by atoms with Gasteiger partial charge in [-0.3, -0.25) is 4.79 Å². The number of carbonyl (C=O) groups excluding carboxylic acids is 2. The summed E-state index contributed by atoms with van der Waals surface area (Å²) in [6, 6.07) is 0.255. The molecule has 0 unspecified atom stereocenters. The number of fused-ring (bicyclic) bond motifs is 1. The van der Waals surface area contributed by atoms with Gasteiger partial charge in [-0.25, -0.2) is 27.7 Å². The second-order valence-corrected chi connectivity index (χ2v) is 11.5. The zero-order valence-corrected chi connectivity index (χ0v) is 23.0. The van der Waals surface area contributed by atoms with Gasteiger partial charge in [0.05, 0.1) is 29.5 Å². The third-order valence-electron chi connectivity index (χ3n) is 7.88. The number of rotatable bonds is 10. The van der Waals surface area contributed by atoms with Crippen molar-refractivity contribution in [2.24, 2.45) is 11.3 Å². The maximum atomic E-state index is 13.6. The Labute approximate surface area is 237 Å². The molecule has 2 aliphatic rings. The number of amides is 3. The summed E-state index contributed by atoms with van der Waals surface area (Å²) in [4.78, 5) is 31.5. The standard InChI is InChI=1S/C26H31F5N8O3/c1-25(2,26(29,30)31)7-5-17(35-23(40)21-20(15-3-4-15)36-42-37-21)18-13-39-19(34-18)9-14(10-33-39)12-38-8-6-16(22(27)28)11-32-24(38)41/h9-10,13,15-17,22H,3-8,11-12H2,1-2H3,(H,32,41)(H,35,40)/t16-,17-/m0/s1. The van der Waals surface area contributed by atoms with Gasteiger partial charge in [-0.15, -0.1) is 0 Å². The van der Waals surface area contributed by atoms with Crippen molar-refractivity contribution in [2.75, 3.05) is 13.1 Å². The van der Waals surface area contributed by atoms with Crippen LogP contribution in [0.1, 0.15) is 85.4 Å². The molecule has 0 radical (unpaired) electrons. The Morgan fingerprint density at radius 1 is 1.21 bits per heavy atom. The van der Waals surface area contributed by atoms with Crippen LogP contribution in [0.2, 0.25) is 0 Å². The number of carbonyl (C=O) groups is 2. The van der Waals surface area contributed by atoms with Crippen molar-refractivity contribution in [1.82, 2.24) is 40.4 Å². The molecule has 1 saturated heterocycles. The van der Waals surface area contributed by atoms with Crippen LogP contribution in [-0.4, -0.2) is 67.4 Å². The number of aromatic nitrogens is 5. The summed E-state index contributed by atoms with van der Waals surface area (Å²) in [6.45, 7) is 2.31. The van der Waals surface area contributed by atoms with Crippen molar-refractivity contribution in [3.05, 3.63) is 41.1 Å². The third-order valence-corrected chi connectivity index (χ3v) is 7.88. The molecule has 0 bridgehead atoms. The number of nitrogens with one attached hydrogen (secondary N) is 2. The molecule has 4 heterocycles. The van der Waals surface area contributed by atoms with E-state index >= 15 is 0 Å². The molecule has 11 nitrogen and oxygen atoms in total. The molecule has 2 atom stereocenters. The molecule has 3 amide bonds. The summed E-state index contributed by atoms with van der Waals surface area (Å²) < 4.78 is 73.3. The second kappa shape index (κ2) is 11.4. The highest BCUT2D eigenvalue weighted by Gasteiger charge is 2.47. The molecule has 2 fully saturated rings. The van der Waals surface area contributed by atoms with Crippen LogP contribution in [0.15, 0.2) is 23.1 Å². The van der Waals surface area contributed by atoms with Crippen LogP contribution in [0.3, 0.4) is 0 Å². The molecule has 1 aliphatic carbocycles. The van der Waals surface area contributed by atoms with Crippen LogP contribution < -0.4 is 10.6 Å². The highest BCUT2D eigenvalue weighted by Crippen LogP contribution is 2.43. The number of alkyl halides is 5. The number of hydrogen-bond donors (Lipinski definition) is 2. The Kier molecular flexibility index (Phi) is 8.07. The van der Waals surface area contributed by atoms with E-state index in [1.54, 1.807) is 6.07 Å². The smallest absolute Gasteiger partial charge is 0.342 e. The molecule has 1 saturated carbocycles. The van der Waals surface area contributed by atoms with Gasteiger partial charge in [0.2, 0.25) is 6.43 Å².